The molecule has 0 heterocycles. The first-order valence-corrected chi connectivity index (χ1v) is 4.51. The van der Waals surface area contributed by atoms with Crippen LogP contribution < -0.4 is 9.47 Å². The molecule has 80 valence electrons. The van der Waals surface area contributed by atoms with Gasteiger partial charge in [0, 0.05) is 6.07 Å². The number of methoxy groups -OCH3 is 2. The van der Waals surface area contributed by atoms with E-state index in [2.05, 4.69) is 4.99 Å². The van der Waals surface area contributed by atoms with Crippen molar-refractivity contribution >= 4 is 6.08 Å². The average molecular weight is 207 g/mol. The summed E-state index contributed by atoms with van der Waals surface area (Å²) in [4.78, 5) is 13.8. The Labute approximate surface area is 88.5 Å². The van der Waals surface area contributed by atoms with E-state index in [9.17, 15) is 4.79 Å². The van der Waals surface area contributed by atoms with Crippen molar-refractivity contribution in [2.24, 2.45) is 4.99 Å². The number of carbonyl (C=O) groups excluding carboxylic acids is 1. The van der Waals surface area contributed by atoms with Crippen molar-refractivity contribution in [3.8, 4) is 11.5 Å². The molecule has 1 atom stereocenters. The number of isocyanates is 1. The lowest BCUT2D eigenvalue weighted by molar-refractivity contribution is 0.393. The molecular weight excluding hydrogens is 194 g/mol. The molecule has 0 radical (unpaired) electrons. The number of nitrogens with zero attached hydrogens (tertiary/aromatic N) is 1. The molecule has 0 amide bonds. The van der Waals surface area contributed by atoms with Crippen LogP contribution in [0.25, 0.3) is 0 Å². The quantitative estimate of drug-likeness (QED) is 0.561. The van der Waals surface area contributed by atoms with E-state index in [1.54, 1.807) is 27.2 Å². The van der Waals surface area contributed by atoms with Gasteiger partial charge in [-0.15, -0.1) is 0 Å². The summed E-state index contributed by atoms with van der Waals surface area (Å²) < 4.78 is 10.2. The molecule has 0 spiro atoms. The number of aliphatic imine (C=N–C) groups is 1. The van der Waals surface area contributed by atoms with Gasteiger partial charge in [0.25, 0.3) is 0 Å². The highest BCUT2D eigenvalue weighted by atomic mass is 16.5. The lowest BCUT2D eigenvalue weighted by Crippen LogP contribution is -1.93. The maximum atomic E-state index is 10.1. The van der Waals surface area contributed by atoms with Gasteiger partial charge in [0.15, 0.2) is 0 Å². The molecule has 0 saturated carbocycles. The van der Waals surface area contributed by atoms with Gasteiger partial charge in [0.05, 0.1) is 20.3 Å². The fourth-order valence-electron chi connectivity index (χ4n) is 1.22. The van der Waals surface area contributed by atoms with Gasteiger partial charge >= 0.3 is 0 Å². The molecular formula is C11H13NO3. The maximum absolute atomic E-state index is 10.1. The van der Waals surface area contributed by atoms with Gasteiger partial charge in [-0.25, -0.2) is 4.79 Å². The second-order valence-electron chi connectivity index (χ2n) is 3.04. The Bertz CT molecular complexity index is 361. The van der Waals surface area contributed by atoms with E-state index in [-0.39, 0.29) is 6.04 Å². The zero-order chi connectivity index (χ0) is 11.3. The van der Waals surface area contributed by atoms with Gasteiger partial charge in [-0.05, 0) is 24.6 Å². The summed E-state index contributed by atoms with van der Waals surface area (Å²) in [6, 6.07) is 5.15. The first-order valence-electron chi connectivity index (χ1n) is 4.51. The zero-order valence-electron chi connectivity index (χ0n) is 8.98. The Morgan fingerprint density at radius 1 is 1.20 bits per heavy atom. The summed E-state index contributed by atoms with van der Waals surface area (Å²) >= 11 is 0. The molecule has 0 aliphatic rings. The number of ether oxygens (including phenoxy) is 2. The molecule has 0 bridgehead atoms. The number of benzene rings is 1. The normalized spacial score (nSPS) is 11.4. The smallest absolute Gasteiger partial charge is 0.235 e. The van der Waals surface area contributed by atoms with Crippen molar-refractivity contribution in [1.82, 2.24) is 0 Å². The van der Waals surface area contributed by atoms with E-state index in [0.29, 0.717) is 11.5 Å². The first-order chi connectivity index (χ1) is 7.21. The molecule has 15 heavy (non-hydrogen) atoms. The number of hydrogen-bond acceptors (Lipinski definition) is 4. The van der Waals surface area contributed by atoms with Crippen molar-refractivity contribution in [3.63, 3.8) is 0 Å². The molecule has 1 aromatic carbocycles. The van der Waals surface area contributed by atoms with E-state index in [1.807, 2.05) is 12.1 Å². The average Bonchev–Trinajstić information content (AvgIpc) is 2.28. The van der Waals surface area contributed by atoms with Gasteiger partial charge in [-0.2, -0.15) is 4.99 Å². The Morgan fingerprint density at radius 2 is 1.73 bits per heavy atom. The molecule has 1 rings (SSSR count). The van der Waals surface area contributed by atoms with Crippen LogP contribution in [0.3, 0.4) is 0 Å². The highest BCUT2D eigenvalue weighted by Crippen LogP contribution is 2.27. The van der Waals surface area contributed by atoms with Crippen LogP contribution in [0, 0.1) is 0 Å². The van der Waals surface area contributed by atoms with E-state index in [1.165, 1.54) is 6.08 Å². The fourth-order valence-corrected chi connectivity index (χ4v) is 1.22. The minimum absolute atomic E-state index is 0.244. The van der Waals surface area contributed by atoms with Crippen LogP contribution >= 0.6 is 0 Å². The Morgan fingerprint density at radius 3 is 2.13 bits per heavy atom. The van der Waals surface area contributed by atoms with Crippen LogP contribution in [-0.4, -0.2) is 20.3 Å². The maximum Gasteiger partial charge on any atom is 0.235 e. The largest absolute Gasteiger partial charge is 0.497 e. The van der Waals surface area contributed by atoms with Crippen LogP contribution in [0.4, 0.5) is 0 Å². The van der Waals surface area contributed by atoms with Gasteiger partial charge in [-0.3, -0.25) is 0 Å². The molecule has 4 heteroatoms. The fraction of sp³-hybridized carbons (Fsp3) is 0.364. The van der Waals surface area contributed by atoms with Crippen molar-refractivity contribution in [3.05, 3.63) is 23.8 Å². The molecule has 0 fully saturated rings. The van der Waals surface area contributed by atoms with E-state index in [4.69, 9.17) is 9.47 Å². The van der Waals surface area contributed by atoms with Gasteiger partial charge in [-0.1, -0.05) is 0 Å². The second-order valence-corrected chi connectivity index (χ2v) is 3.04. The Hall–Kier alpha value is -1.80. The Balaban J connectivity index is 3.11. The summed E-state index contributed by atoms with van der Waals surface area (Å²) in [6.45, 7) is 1.80. The molecule has 4 nitrogen and oxygen atoms in total. The van der Waals surface area contributed by atoms with Crippen LogP contribution in [-0.2, 0) is 4.79 Å². The predicted molar refractivity (Wildman–Crippen MR) is 56.1 cm³/mol. The number of hydrogen-bond donors (Lipinski definition) is 0. The zero-order valence-corrected chi connectivity index (χ0v) is 8.98. The lowest BCUT2D eigenvalue weighted by atomic mass is 10.1. The first kappa shape index (κ1) is 11.3. The summed E-state index contributed by atoms with van der Waals surface area (Å²) in [7, 11) is 3.15. The third-order valence-corrected chi connectivity index (χ3v) is 2.10. The van der Waals surface area contributed by atoms with E-state index in [0.717, 1.165) is 5.56 Å². The molecule has 0 N–H and O–H groups in total. The monoisotopic (exact) mass is 207 g/mol. The summed E-state index contributed by atoms with van der Waals surface area (Å²) in [5, 5.41) is 0. The molecule has 0 aliphatic heterocycles. The van der Waals surface area contributed by atoms with Crippen molar-refractivity contribution in [2.75, 3.05) is 14.2 Å². The molecule has 0 aromatic heterocycles. The SMILES string of the molecule is COc1cc(OC)cc(C(C)N=C=O)c1. The molecule has 1 aromatic rings. The highest BCUT2D eigenvalue weighted by Gasteiger charge is 2.07. The Kier molecular flexibility index (Phi) is 3.89. The van der Waals surface area contributed by atoms with Crippen molar-refractivity contribution in [2.45, 2.75) is 13.0 Å². The molecule has 1 unspecified atom stereocenters. The topological polar surface area (TPSA) is 47.9 Å². The van der Waals surface area contributed by atoms with E-state index >= 15 is 0 Å². The highest BCUT2D eigenvalue weighted by molar-refractivity contribution is 5.41. The minimum atomic E-state index is -0.244. The van der Waals surface area contributed by atoms with E-state index < -0.39 is 0 Å². The molecule has 0 aliphatic carbocycles. The lowest BCUT2D eigenvalue weighted by Gasteiger charge is -2.09. The van der Waals surface area contributed by atoms with Gasteiger partial charge in [0.1, 0.15) is 11.5 Å². The van der Waals surface area contributed by atoms with Crippen LogP contribution in [0.1, 0.15) is 18.5 Å². The second kappa shape index (κ2) is 5.17. The van der Waals surface area contributed by atoms with Gasteiger partial charge in [0.2, 0.25) is 6.08 Å². The van der Waals surface area contributed by atoms with Crippen LogP contribution in [0.5, 0.6) is 11.5 Å². The van der Waals surface area contributed by atoms with Gasteiger partial charge < -0.3 is 9.47 Å². The third-order valence-electron chi connectivity index (χ3n) is 2.10. The minimum Gasteiger partial charge on any atom is -0.497 e. The molecule has 0 saturated heterocycles. The van der Waals surface area contributed by atoms with Crippen LogP contribution in [0.2, 0.25) is 0 Å². The third kappa shape index (κ3) is 2.82. The summed E-state index contributed by atoms with van der Waals surface area (Å²) in [6.07, 6.45) is 1.53. The standard InChI is InChI=1S/C11H13NO3/c1-8(12-7-13)9-4-10(14-2)6-11(5-9)15-3/h4-6,8H,1-3H3. The van der Waals surface area contributed by atoms with Crippen LogP contribution in [0.15, 0.2) is 23.2 Å². The summed E-state index contributed by atoms with van der Waals surface area (Å²) in [5.41, 5.74) is 0.856. The van der Waals surface area contributed by atoms with Crippen molar-refractivity contribution in [1.29, 1.82) is 0 Å². The summed E-state index contributed by atoms with van der Waals surface area (Å²) in [5.74, 6) is 1.36. The predicted octanol–water partition coefficient (Wildman–Crippen LogP) is 2.10. The number of rotatable bonds is 4. The van der Waals surface area contributed by atoms with Crippen molar-refractivity contribution < 1.29 is 14.3 Å².